The van der Waals surface area contributed by atoms with Crippen LogP contribution in [0.25, 0.3) is 0 Å². The van der Waals surface area contributed by atoms with Crippen molar-refractivity contribution >= 4 is 23.8 Å². The summed E-state index contributed by atoms with van der Waals surface area (Å²) >= 11 is 0. The van der Waals surface area contributed by atoms with Gasteiger partial charge in [0.1, 0.15) is 30.5 Å². The van der Waals surface area contributed by atoms with E-state index in [0.717, 1.165) is 24.8 Å². The van der Waals surface area contributed by atoms with Crippen molar-refractivity contribution in [1.29, 1.82) is 5.26 Å². The van der Waals surface area contributed by atoms with E-state index in [1.54, 1.807) is 12.1 Å². The van der Waals surface area contributed by atoms with Crippen LogP contribution >= 0.6 is 0 Å². The molecule has 2 aromatic rings. The largest absolute Gasteiger partial charge is 0.445 e. The lowest BCUT2D eigenvalue weighted by atomic mass is 9.92. The van der Waals surface area contributed by atoms with Crippen molar-refractivity contribution in [3.63, 3.8) is 0 Å². The van der Waals surface area contributed by atoms with E-state index >= 15 is 0 Å². The average molecular weight is 578 g/mol. The normalized spacial score (nSPS) is 18.4. The molecule has 4 atom stereocenters. The number of halogens is 1. The molecule has 2 aromatic carbocycles. The second-order valence-corrected chi connectivity index (χ2v) is 10.9. The highest BCUT2D eigenvalue weighted by atomic mass is 19.1. The molecule has 10 nitrogen and oxygen atoms in total. The molecule has 222 valence electrons. The number of nitrogens with zero attached hydrogens (tertiary/aromatic N) is 1. The van der Waals surface area contributed by atoms with Crippen molar-refractivity contribution in [1.82, 2.24) is 21.3 Å². The number of carbonyl (C=O) groups is 4. The Morgan fingerprint density at radius 1 is 0.929 bits per heavy atom. The quantitative estimate of drug-likeness (QED) is 0.288. The number of amides is 4. The van der Waals surface area contributed by atoms with Crippen LogP contribution in [-0.2, 0) is 32.1 Å². The summed E-state index contributed by atoms with van der Waals surface area (Å²) in [6.45, 7) is 0.597. The van der Waals surface area contributed by atoms with E-state index in [-0.39, 0.29) is 37.2 Å². The van der Waals surface area contributed by atoms with Gasteiger partial charge in [-0.1, -0.05) is 55.3 Å². The van der Waals surface area contributed by atoms with E-state index in [9.17, 15) is 28.8 Å². The molecule has 0 radical (unpaired) electrons. The summed E-state index contributed by atoms with van der Waals surface area (Å²) in [5, 5.41) is 20.5. The van der Waals surface area contributed by atoms with Crippen LogP contribution in [0.1, 0.15) is 49.7 Å². The Balaban J connectivity index is 1.42. The predicted molar refractivity (Wildman–Crippen MR) is 151 cm³/mol. The molecule has 4 amide bonds. The Morgan fingerprint density at radius 2 is 1.64 bits per heavy atom. The van der Waals surface area contributed by atoms with Crippen molar-refractivity contribution in [2.75, 3.05) is 6.54 Å². The zero-order chi connectivity index (χ0) is 29.9. The molecule has 11 heteroatoms. The molecular formula is C31H36FN5O5. The van der Waals surface area contributed by atoms with Gasteiger partial charge in [0.15, 0.2) is 0 Å². The summed E-state index contributed by atoms with van der Waals surface area (Å²) in [6.07, 6.45) is 3.06. The number of ether oxygens (including phenoxy) is 1. The lowest BCUT2D eigenvalue weighted by Gasteiger charge is -2.26. The fourth-order valence-electron chi connectivity index (χ4n) is 4.92. The van der Waals surface area contributed by atoms with Gasteiger partial charge in [0, 0.05) is 18.9 Å². The molecule has 0 bridgehead atoms. The molecule has 1 saturated heterocycles. The minimum absolute atomic E-state index is 0.00115. The topological polar surface area (TPSA) is 149 Å². The van der Waals surface area contributed by atoms with E-state index in [4.69, 9.17) is 4.74 Å². The van der Waals surface area contributed by atoms with Gasteiger partial charge in [-0.25, -0.2) is 9.18 Å². The molecule has 2 fully saturated rings. The summed E-state index contributed by atoms with van der Waals surface area (Å²) < 4.78 is 18.8. The van der Waals surface area contributed by atoms with Crippen molar-refractivity contribution in [3.05, 3.63) is 71.5 Å². The maximum Gasteiger partial charge on any atom is 0.408 e. The number of hydrogen-bond donors (Lipinski definition) is 4. The number of piperidine rings is 1. The molecule has 4 N–H and O–H groups in total. The van der Waals surface area contributed by atoms with Gasteiger partial charge >= 0.3 is 6.09 Å². The van der Waals surface area contributed by atoms with Crippen LogP contribution in [0, 0.1) is 29.0 Å². The summed E-state index contributed by atoms with van der Waals surface area (Å²) in [5.74, 6) is -1.82. The highest BCUT2D eigenvalue weighted by molar-refractivity contribution is 5.91. The molecule has 0 spiro atoms. The smallest absolute Gasteiger partial charge is 0.408 e. The van der Waals surface area contributed by atoms with Crippen LogP contribution in [0.4, 0.5) is 9.18 Å². The van der Waals surface area contributed by atoms with E-state index in [0.29, 0.717) is 24.9 Å². The number of alkyl carbamates (subject to hydrolysis) is 1. The zero-order valence-corrected chi connectivity index (χ0v) is 23.3. The van der Waals surface area contributed by atoms with Crippen LogP contribution in [0.15, 0.2) is 54.6 Å². The van der Waals surface area contributed by atoms with Gasteiger partial charge < -0.3 is 26.0 Å². The number of benzene rings is 2. The lowest BCUT2D eigenvalue weighted by molar-refractivity contribution is -0.130. The Labute approximate surface area is 244 Å². The van der Waals surface area contributed by atoms with Gasteiger partial charge in [0.05, 0.1) is 6.07 Å². The highest BCUT2D eigenvalue weighted by Gasteiger charge is 2.34. The SMILES string of the molecule is N#C[C@H](C[C@@H]1CCCNC1=O)NC(=O)[C@H](CC1CC1)NC(=O)[C@H](Cc1ccc(F)cc1)NC(=O)OCc1ccccc1. The first-order valence-corrected chi connectivity index (χ1v) is 14.3. The van der Waals surface area contributed by atoms with Gasteiger partial charge in [-0.05, 0) is 54.9 Å². The maximum atomic E-state index is 13.5. The molecule has 1 aliphatic heterocycles. The van der Waals surface area contributed by atoms with Crippen LogP contribution in [0.3, 0.4) is 0 Å². The lowest BCUT2D eigenvalue weighted by Crippen LogP contribution is -2.55. The van der Waals surface area contributed by atoms with E-state index in [2.05, 4.69) is 27.3 Å². The number of nitriles is 1. The standard InChI is InChI=1S/C31H36FN5O5/c32-24-12-10-21(11-13-24)16-27(37-31(41)42-19-22-5-2-1-3-6-22)30(40)36-26(15-20-8-9-20)29(39)35-25(18-33)17-23-7-4-14-34-28(23)38/h1-3,5-6,10-13,20,23,25-27H,4,7-9,14-17,19H2,(H,34,38)(H,35,39)(H,36,40)(H,37,41)/t23-,25-,26-,27-/m0/s1. The second kappa shape index (κ2) is 15.0. The van der Waals surface area contributed by atoms with E-state index in [1.165, 1.54) is 24.3 Å². The molecule has 0 unspecified atom stereocenters. The monoisotopic (exact) mass is 577 g/mol. The summed E-state index contributed by atoms with van der Waals surface area (Å²) in [5.41, 5.74) is 1.37. The minimum Gasteiger partial charge on any atom is -0.445 e. The van der Waals surface area contributed by atoms with Gasteiger partial charge in [-0.15, -0.1) is 0 Å². The van der Waals surface area contributed by atoms with E-state index in [1.807, 2.05) is 18.2 Å². The maximum absolute atomic E-state index is 13.5. The minimum atomic E-state index is -1.12. The molecule has 1 saturated carbocycles. The third-order valence-corrected chi connectivity index (χ3v) is 7.47. The number of nitrogens with one attached hydrogen (secondary N) is 4. The predicted octanol–water partition coefficient (Wildman–Crippen LogP) is 2.87. The fourth-order valence-corrected chi connectivity index (χ4v) is 4.92. The van der Waals surface area contributed by atoms with Crippen LogP contribution in [0.5, 0.6) is 0 Å². The first-order chi connectivity index (χ1) is 20.3. The number of rotatable bonds is 13. The van der Waals surface area contributed by atoms with Gasteiger partial charge in [-0.3, -0.25) is 14.4 Å². The number of hydrogen-bond acceptors (Lipinski definition) is 6. The van der Waals surface area contributed by atoms with Crippen LogP contribution in [-0.4, -0.2) is 48.5 Å². The zero-order valence-electron chi connectivity index (χ0n) is 23.3. The fraction of sp³-hybridized carbons (Fsp3) is 0.452. The Hall–Kier alpha value is -4.46. The molecule has 1 heterocycles. The van der Waals surface area contributed by atoms with Crippen LogP contribution in [0.2, 0.25) is 0 Å². The highest BCUT2D eigenvalue weighted by Crippen LogP contribution is 2.33. The Bertz CT molecular complexity index is 1280. The first kappa shape index (κ1) is 30.5. The van der Waals surface area contributed by atoms with Gasteiger partial charge in [0.2, 0.25) is 17.7 Å². The summed E-state index contributed by atoms with van der Waals surface area (Å²) in [4.78, 5) is 51.6. The third-order valence-electron chi connectivity index (χ3n) is 7.47. The van der Waals surface area contributed by atoms with Crippen molar-refractivity contribution < 1.29 is 28.3 Å². The van der Waals surface area contributed by atoms with E-state index < -0.39 is 41.9 Å². The molecule has 1 aliphatic carbocycles. The molecule has 0 aromatic heterocycles. The molecule has 2 aliphatic rings. The van der Waals surface area contributed by atoms with Crippen molar-refractivity contribution in [2.45, 2.75) is 69.7 Å². The Kier molecular flexibility index (Phi) is 10.9. The van der Waals surface area contributed by atoms with Crippen molar-refractivity contribution in [2.24, 2.45) is 11.8 Å². The van der Waals surface area contributed by atoms with Gasteiger partial charge in [0.25, 0.3) is 0 Å². The molecule has 42 heavy (non-hydrogen) atoms. The second-order valence-electron chi connectivity index (χ2n) is 10.9. The first-order valence-electron chi connectivity index (χ1n) is 14.3. The van der Waals surface area contributed by atoms with Crippen molar-refractivity contribution in [3.8, 4) is 6.07 Å². The third kappa shape index (κ3) is 9.58. The van der Waals surface area contributed by atoms with Crippen LogP contribution < -0.4 is 21.3 Å². The average Bonchev–Trinajstić information content (AvgIpc) is 3.82. The summed E-state index contributed by atoms with van der Waals surface area (Å²) in [7, 11) is 0. The summed E-state index contributed by atoms with van der Waals surface area (Å²) in [6, 6.07) is 13.7. The molecule has 4 rings (SSSR count). The molecular weight excluding hydrogens is 541 g/mol. The Morgan fingerprint density at radius 3 is 2.31 bits per heavy atom. The number of carbonyl (C=O) groups excluding carboxylic acids is 4. The van der Waals surface area contributed by atoms with Gasteiger partial charge in [-0.2, -0.15) is 5.26 Å².